The molecule has 0 aliphatic heterocycles. The van der Waals surface area contributed by atoms with Gasteiger partial charge in [0.2, 0.25) is 11.8 Å². The van der Waals surface area contributed by atoms with Crippen molar-refractivity contribution in [1.29, 1.82) is 0 Å². The summed E-state index contributed by atoms with van der Waals surface area (Å²) in [7, 11) is 0. The number of benzene rings is 1. The number of nitrogens with one attached hydrogen (secondary N) is 2. The Kier molecular flexibility index (Phi) is 9.88. The topological polar surface area (TPSA) is 84.2 Å². The standard InChI is InChI=1S/C16H24ClN3O2.ClH/c1-4-13(11-5-7-12(17)8-6-11)20-14(21)9-19-16(22)15(18)10(2)3;/h5-8,10,13,15H,4,9,18H2,1-3H3,(H,19,22)(H,20,21);1H/t13?,15-;/m0./s1. The van der Waals surface area contributed by atoms with Crippen molar-refractivity contribution >= 4 is 35.8 Å². The first-order chi connectivity index (χ1) is 10.3. The summed E-state index contributed by atoms with van der Waals surface area (Å²) >= 11 is 5.86. The van der Waals surface area contributed by atoms with Crippen molar-refractivity contribution in [2.45, 2.75) is 39.3 Å². The van der Waals surface area contributed by atoms with E-state index in [4.69, 9.17) is 17.3 Å². The molecule has 0 saturated heterocycles. The third kappa shape index (κ3) is 7.20. The number of rotatable bonds is 7. The molecule has 23 heavy (non-hydrogen) atoms. The molecule has 0 spiro atoms. The maximum atomic E-state index is 12.0. The van der Waals surface area contributed by atoms with Crippen LogP contribution in [0.2, 0.25) is 5.02 Å². The molecule has 0 bridgehead atoms. The molecule has 0 heterocycles. The van der Waals surface area contributed by atoms with E-state index in [0.29, 0.717) is 5.02 Å². The van der Waals surface area contributed by atoms with Gasteiger partial charge in [-0.3, -0.25) is 9.59 Å². The highest BCUT2D eigenvalue weighted by atomic mass is 35.5. The molecule has 0 aliphatic carbocycles. The minimum Gasteiger partial charge on any atom is -0.348 e. The number of nitrogens with two attached hydrogens (primary N) is 1. The Labute approximate surface area is 148 Å². The maximum absolute atomic E-state index is 12.0. The lowest BCUT2D eigenvalue weighted by atomic mass is 10.0. The lowest BCUT2D eigenvalue weighted by molar-refractivity contribution is -0.127. The normalized spacial score (nSPS) is 13.0. The molecule has 0 radical (unpaired) electrons. The molecule has 5 nitrogen and oxygen atoms in total. The lowest BCUT2D eigenvalue weighted by Crippen LogP contribution is -2.47. The molecule has 4 N–H and O–H groups in total. The summed E-state index contributed by atoms with van der Waals surface area (Å²) < 4.78 is 0. The molecule has 0 aliphatic rings. The van der Waals surface area contributed by atoms with Gasteiger partial charge in [-0.15, -0.1) is 12.4 Å². The third-order valence-corrected chi connectivity index (χ3v) is 3.71. The summed E-state index contributed by atoms with van der Waals surface area (Å²) in [6.07, 6.45) is 0.743. The number of hydrogen-bond donors (Lipinski definition) is 3. The molecule has 1 rings (SSSR count). The predicted octanol–water partition coefficient (Wildman–Crippen LogP) is 2.43. The van der Waals surface area contributed by atoms with Crippen molar-refractivity contribution in [3.8, 4) is 0 Å². The van der Waals surface area contributed by atoms with Gasteiger partial charge in [0.15, 0.2) is 0 Å². The molecule has 1 aromatic carbocycles. The highest BCUT2D eigenvalue weighted by molar-refractivity contribution is 6.30. The Hall–Kier alpha value is -1.30. The van der Waals surface area contributed by atoms with E-state index >= 15 is 0 Å². The fourth-order valence-electron chi connectivity index (χ4n) is 1.95. The first-order valence-corrected chi connectivity index (χ1v) is 7.81. The van der Waals surface area contributed by atoms with Crippen molar-refractivity contribution < 1.29 is 9.59 Å². The van der Waals surface area contributed by atoms with E-state index in [-0.39, 0.29) is 42.7 Å². The van der Waals surface area contributed by atoms with E-state index < -0.39 is 6.04 Å². The van der Waals surface area contributed by atoms with Crippen LogP contribution in [0.1, 0.15) is 38.8 Å². The number of halogens is 2. The van der Waals surface area contributed by atoms with Crippen LogP contribution in [0.5, 0.6) is 0 Å². The molecule has 0 saturated carbocycles. The zero-order valence-corrected chi connectivity index (χ0v) is 15.2. The average Bonchev–Trinajstić information content (AvgIpc) is 2.50. The fraction of sp³-hybridized carbons (Fsp3) is 0.500. The SMILES string of the molecule is CCC(NC(=O)CNC(=O)[C@@H](N)C(C)C)c1ccc(Cl)cc1.Cl. The van der Waals surface area contributed by atoms with Gasteiger partial charge < -0.3 is 16.4 Å². The van der Waals surface area contributed by atoms with Crippen LogP contribution in [-0.2, 0) is 9.59 Å². The van der Waals surface area contributed by atoms with Gasteiger partial charge in [0.25, 0.3) is 0 Å². The highest BCUT2D eigenvalue weighted by Crippen LogP contribution is 2.18. The van der Waals surface area contributed by atoms with Gasteiger partial charge in [0.1, 0.15) is 0 Å². The van der Waals surface area contributed by atoms with Crippen molar-refractivity contribution in [2.24, 2.45) is 11.7 Å². The van der Waals surface area contributed by atoms with Gasteiger partial charge in [-0.05, 0) is 30.0 Å². The molecule has 2 amide bonds. The summed E-state index contributed by atoms with van der Waals surface area (Å²) in [4.78, 5) is 23.7. The Morgan fingerprint density at radius 3 is 2.26 bits per heavy atom. The molecule has 2 atom stereocenters. The molecule has 0 aromatic heterocycles. The van der Waals surface area contributed by atoms with E-state index in [1.54, 1.807) is 12.1 Å². The van der Waals surface area contributed by atoms with Gasteiger partial charge >= 0.3 is 0 Å². The molecule has 0 fully saturated rings. The van der Waals surface area contributed by atoms with Crippen molar-refractivity contribution in [1.82, 2.24) is 10.6 Å². The zero-order valence-electron chi connectivity index (χ0n) is 13.6. The van der Waals surface area contributed by atoms with Gasteiger partial charge in [-0.1, -0.05) is 44.5 Å². The van der Waals surface area contributed by atoms with Crippen LogP contribution in [-0.4, -0.2) is 24.4 Å². The van der Waals surface area contributed by atoms with Crippen molar-refractivity contribution in [3.05, 3.63) is 34.9 Å². The number of carbonyl (C=O) groups excluding carboxylic acids is 2. The minimum atomic E-state index is -0.606. The van der Waals surface area contributed by atoms with Crippen LogP contribution in [0.4, 0.5) is 0 Å². The smallest absolute Gasteiger partial charge is 0.239 e. The van der Waals surface area contributed by atoms with E-state index in [1.165, 1.54) is 0 Å². The Morgan fingerprint density at radius 1 is 1.22 bits per heavy atom. The molecular formula is C16H25Cl2N3O2. The molecule has 130 valence electrons. The van der Waals surface area contributed by atoms with E-state index in [9.17, 15) is 9.59 Å². The van der Waals surface area contributed by atoms with Crippen LogP contribution in [0.15, 0.2) is 24.3 Å². The van der Waals surface area contributed by atoms with Gasteiger partial charge in [0.05, 0.1) is 18.6 Å². The van der Waals surface area contributed by atoms with Crippen molar-refractivity contribution in [3.63, 3.8) is 0 Å². The second kappa shape index (κ2) is 10.5. The molecule has 1 aromatic rings. The summed E-state index contributed by atoms with van der Waals surface area (Å²) in [5.74, 6) is -0.531. The molecular weight excluding hydrogens is 337 g/mol. The van der Waals surface area contributed by atoms with Gasteiger partial charge in [-0.25, -0.2) is 0 Å². The van der Waals surface area contributed by atoms with Crippen LogP contribution < -0.4 is 16.4 Å². The van der Waals surface area contributed by atoms with Crippen LogP contribution in [0.3, 0.4) is 0 Å². The number of hydrogen-bond acceptors (Lipinski definition) is 3. The lowest BCUT2D eigenvalue weighted by Gasteiger charge is -2.19. The summed E-state index contributed by atoms with van der Waals surface area (Å²) in [5.41, 5.74) is 6.70. The minimum absolute atomic E-state index is 0. The first kappa shape index (κ1) is 21.7. The summed E-state index contributed by atoms with van der Waals surface area (Å²) in [6, 6.07) is 6.62. The first-order valence-electron chi connectivity index (χ1n) is 7.43. The Bertz CT molecular complexity index is 507. The summed E-state index contributed by atoms with van der Waals surface area (Å²) in [6.45, 7) is 5.62. The largest absolute Gasteiger partial charge is 0.348 e. The zero-order chi connectivity index (χ0) is 16.7. The van der Waals surface area contributed by atoms with Gasteiger partial charge in [0, 0.05) is 5.02 Å². The Balaban J connectivity index is 0.00000484. The predicted molar refractivity (Wildman–Crippen MR) is 95.7 cm³/mol. The van der Waals surface area contributed by atoms with Crippen LogP contribution in [0, 0.1) is 5.92 Å². The second-order valence-electron chi connectivity index (χ2n) is 5.57. The number of amides is 2. The third-order valence-electron chi connectivity index (χ3n) is 3.46. The highest BCUT2D eigenvalue weighted by Gasteiger charge is 2.18. The maximum Gasteiger partial charge on any atom is 0.239 e. The van der Waals surface area contributed by atoms with Gasteiger partial charge in [-0.2, -0.15) is 0 Å². The fourth-order valence-corrected chi connectivity index (χ4v) is 2.08. The number of carbonyl (C=O) groups is 2. The summed E-state index contributed by atoms with van der Waals surface area (Å²) in [5, 5.41) is 6.10. The van der Waals surface area contributed by atoms with E-state index in [0.717, 1.165) is 12.0 Å². The average molecular weight is 362 g/mol. The van der Waals surface area contributed by atoms with E-state index in [2.05, 4.69) is 10.6 Å². The monoisotopic (exact) mass is 361 g/mol. The molecule has 7 heteroatoms. The van der Waals surface area contributed by atoms with Crippen molar-refractivity contribution in [2.75, 3.05) is 6.54 Å². The molecule has 1 unspecified atom stereocenters. The Morgan fingerprint density at radius 2 is 1.78 bits per heavy atom. The quantitative estimate of drug-likeness (QED) is 0.697. The van der Waals surface area contributed by atoms with Crippen LogP contribution >= 0.6 is 24.0 Å². The van der Waals surface area contributed by atoms with E-state index in [1.807, 2.05) is 32.9 Å². The second-order valence-corrected chi connectivity index (χ2v) is 6.00. The van der Waals surface area contributed by atoms with Crippen LogP contribution in [0.25, 0.3) is 0 Å².